The number of nitrogens with one attached hydrogen (secondary N) is 2. The summed E-state index contributed by atoms with van der Waals surface area (Å²) in [5.74, 6) is 2.87. The van der Waals surface area contributed by atoms with Crippen molar-refractivity contribution in [3.8, 4) is 0 Å². The monoisotopic (exact) mass is 641 g/mol. The minimum Gasteiger partial charge on any atom is -0.449 e. The van der Waals surface area contributed by atoms with Crippen LogP contribution in [0.1, 0.15) is 145 Å². The molecule has 262 valence electrons. The van der Waals surface area contributed by atoms with Gasteiger partial charge in [-0.1, -0.05) is 73.5 Å². The topological polar surface area (TPSA) is 76.7 Å². The molecule has 5 aliphatic rings. The number of unbranched alkanes of at least 4 members (excludes halogenated alkanes) is 2. The lowest BCUT2D eigenvalue weighted by Crippen LogP contribution is -2.67. The van der Waals surface area contributed by atoms with Gasteiger partial charge in [-0.3, -0.25) is 0 Å². The van der Waals surface area contributed by atoms with E-state index in [2.05, 4.69) is 72.6 Å². The fourth-order valence-corrected chi connectivity index (χ4v) is 12.9. The van der Waals surface area contributed by atoms with Gasteiger partial charge in [-0.2, -0.15) is 0 Å². The largest absolute Gasteiger partial charge is 0.449 e. The maximum absolute atomic E-state index is 12.8. The molecule has 0 aromatic rings. The lowest BCUT2D eigenvalue weighted by atomic mass is 9.32. The van der Waals surface area contributed by atoms with E-state index in [0.717, 1.165) is 51.4 Å². The van der Waals surface area contributed by atoms with E-state index in [0.29, 0.717) is 49.3 Å². The zero-order valence-corrected chi connectivity index (χ0v) is 30.8. The molecule has 0 radical (unpaired) electrons. The summed E-state index contributed by atoms with van der Waals surface area (Å²) in [6.07, 6.45) is 15.4. The Kier molecular flexibility index (Phi) is 10.3. The number of allylic oxidation sites excluding steroid dienone is 1. The van der Waals surface area contributed by atoms with Crippen molar-refractivity contribution >= 4 is 12.2 Å². The Hall–Kier alpha value is -1.72. The number of carbonyl (C=O) groups excluding carboxylic acids is 2. The van der Waals surface area contributed by atoms with Crippen molar-refractivity contribution in [2.24, 2.45) is 56.7 Å². The molecule has 5 aliphatic carbocycles. The van der Waals surface area contributed by atoms with Gasteiger partial charge in [0.1, 0.15) is 6.10 Å². The van der Waals surface area contributed by atoms with E-state index < -0.39 is 0 Å². The molecule has 0 aromatic heterocycles. The second-order valence-corrected chi connectivity index (χ2v) is 17.9. The van der Waals surface area contributed by atoms with Gasteiger partial charge in [-0.25, -0.2) is 9.59 Å². The maximum Gasteiger partial charge on any atom is 0.407 e. The number of ether oxygens (including phenoxy) is 2. The second kappa shape index (κ2) is 13.3. The number of hydrogen-bond donors (Lipinski definition) is 2. The molecule has 0 heterocycles. The molecule has 5 rings (SSSR count). The predicted molar refractivity (Wildman–Crippen MR) is 186 cm³/mol. The first-order valence-corrected chi connectivity index (χ1v) is 19.2. The predicted octanol–water partition coefficient (Wildman–Crippen LogP) is 10.1. The molecule has 2 N–H and O–H groups in total. The van der Waals surface area contributed by atoms with Gasteiger partial charge in [0.25, 0.3) is 0 Å². The summed E-state index contributed by atoms with van der Waals surface area (Å²) < 4.78 is 12.2. The van der Waals surface area contributed by atoms with Crippen LogP contribution in [0.15, 0.2) is 12.2 Å². The van der Waals surface area contributed by atoms with Crippen molar-refractivity contribution in [3.05, 3.63) is 12.2 Å². The lowest BCUT2D eigenvalue weighted by molar-refractivity contribution is -0.249. The van der Waals surface area contributed by atoms with Gasteiger partial charge in [0.2, 0.25) is 0 Å². The molecule has 5 saturated carbocycles. The number of alkyl carbamates (subject to hydrolysis) is 2. The summed E-state index contributed by atoms with van der Waals surface area (Å²) in [6, 6.07) is 0. The molecule has 10 atom stereocenters. The first kappa shape index (κ1) is 35.6. The van der Waals surface area contributed by atoms with Crippen LogP contribution in [0.3, 0.4) is 0 Å². The summed E-state index contributed by atoms with van der Waals surface area (Å²) in [5, 5.41) is 5.99. The second-order valence-electron chi connectivity index (χ2n) is 17.9. The third-order valence-electron chi connectivity index (χ3n) is 15.5. The van der Waals surface area contributed by atoms with Gasteiger partial charge < -0.3 is 20.1 Å². The van der Waals surface area contributed by atoms with Crippen LogP contribution in [0.5, 0.6) is 0 Å². The van der Waals surface area contributed by atoms with Gasteiger partial charge in [0.15, 0.2) is 0 Å². The standard InChI is InChI=1S/C40H68N2O4/c1-10-12-24-41-34(43)45-26-40-21-16-28(27(3)4)33(40)29-14-15-31-37(7)19-18-32(46-35(44)42-25-13-11-2)36(5,6)30(37)17-20-39(31,9)38(29,8)22-23-40/h28-33H,3,10-26H2,1-2,4-9H3,(H,41,43)(H,42,44)/t28-,29+,30-,31+,32-,33+,37-,38+,39+,40+/m0/s1. The third-order valence-corrected chi connectivity index (χ3v) is 15.5. The first-order chi connectivity index (χ1) is 21.7. The molecule has 6 nitrogen and oxygen atoms in total. The molecule has 0 saturated heterocycles. The smallest absolute Gasteiger partial charge is 0.407 e. The molecule has 0 aromatic carbocycles. The van der Waals surface area contributed by atoms with Crippen LogP contribution in [0, 0.1) is 56.7 Å². The lowest BCUT2D eigenvalue weighted by Gasteiger charge is -2.73. The number of amides is 2. The highest BCUT2D eigenvalue weighted by atomic mass is 16.6. The van der Waals surface area contributed by atoms with Crippen LogP contribution >= 0.6 is 0 Å². The highest BCUT2D eigenvalue weighted by Crippen LogP contribution is 2.77. The molecule has 0 aliphatic heterocycles. The molecular weight excluding hydrogens is 572 g/mol. The Morgan fingerprint density at radius 3 is 2.09 bits per heavy atom. The molecule has 6 heteroatoms. The summed E-state index contributed by atoms with van der Waals surface area (Å²) in [5.41, 5.74) is 2.08. The normalized spacial score (nSPS) is 42.4. The molecule has 46 heavy (non-hydrogen) atoms. The first-order valence-electron chi connectivity index (χ1n) is 19.2. The van der Waals surface area contributed by atoms with Gasteiger partial charge in [-0.15, -0.1) is 0 Å². The maximum atomic E-state index is 12.8. The zero-order chi connectivity index (χ0) is 33.5. The molecule has 0 spiro atoms. The van der Waals surface area contributed by atoms with Crippen LogP contribution in [0.2, 0.25) is 0 Å². The molecule has 2 amide bonds. The highest BCUT2D eigenvalue weighted by Gasteiger charge is 2.71. The average molecular weight is 641 g/mol. The van der Waals surface area contributed by atoms with Crippen LogP contribution in [0.4, 0.5) is 9.59 Å². The number of carbonyl (C=O) groups is 2. The quantitative estimate of drug-likeness (QED) is 0.184. The Morgan fingerprint density at radius 2 is 1.43 bits per heavy atom. The average Bonchev–Trinajstić information content (AvgIpc) is 3.38. The van der Waals surface area contributed by atoms with E-state index in [9.17, 15) is 9.59 Å². The highest BCUT2D eigenvalue weighted by molar-refractivity contribution is 5.67. The molecule has 5 fully saturated rings. The summed E-state index contributed by atoms with van der Waals surface area (Å²) in [7, 11) is 0. The van der Waals surface area contributed by atoms with E-state index >= 15 is 0 Å². The van der Waals surface area contributed by atoms with E-state index in [1.165, 1.54) is 44.1 Å². The van der Waals surface area contributed by atoms with Crippen molar-refractivity contribution < 1.29 is 19.1 Å². The van der Waals surface area contributed by atoms with E-state index in [4.69, 9.17) is 9.47 Å². The molecular formula is C40H68N2O4. The van der Waals surface area contributed by atoms with Crippen LogP contribution in [-0.4, -0.2) is 38.0 Å². The van der Waals surface area contributed by atoms with Gasteiger partial charge >= 0.3 is 12.2 Å². The van der Waals surface area contributed by atoms with Gasteiger partial charge in [0.05, 0.1) is 6.61 Å². The number of rotatable bonds is 10. The van der Waals surface area contributed by atoms with Crippen molar-refractivity contribution in [2.75, 3.05) is 19.7 Å². The number of hydrogen-bond acceptors (Lipinski definition) is 4. The van der Waals surface area contributed by atoms with Crippen molar-refractivity contribution in [3.63, 3.8) is 0 Å². The summed E-state index contributed by atoms with van der Waals surface area (Å²) in [4.78, 5) is 25.5. The van der Waals surface area contributed by atoms with E-state index in [1.54, 1.807) is 0 Å². The van der Waals surface area contributed by atoms with E-state index in [1.807, 2.05) is 0 Å². The number of fused-ring (bicyclic) bond motifs is 7. The fraction of sp³-hybridized carbons (Fsp3) is 0.900. The van der Waals surface area contributed by atoms with Crippen LogP contribution in [-0.2, 0) is 9.47 Å². The summed E-state index contributed by atoms with van der Waals surface area (Å²) in [6.45, 7) is 25.7. The Bertz CT molecular complexity index is 1140. The zero-order valence-electron chi connectivity index (χ0n) is 30.8. The molecule has 0 unspecified atom stereocenters. The summed E-state index contributed by atoms with van der Waals surface area (Å²) >= 11 is 0. The third kappa shape index (κ3) is 5.82. The molecule has 0 bridgehead atoms. The van der Waals surface area contributed by atoms with Gasteiger partial charge in [-0.05, 0) is 130 Å². The minimum atomic E-state index is -0.240. The van der Waals surface area contributed by atoms with Crippen molar-refractivity contribution in [2.45, 2.75) is 151 Å². The van der Waals surface area contributed by atoms with E-state index in [-0.39, 0.29) is 45.4 Å². The minimum absolute atomic E-state index is 0.0345. The fourth-order valence-electron chi connectivity index (χ4n) is 12.9. The Morgan fingerprint density at radius 1 is 0.761 bits per heavy atom. The van der Waals surface area contributed by atoms with Crippen molar-refractivity contribution in [1.82, 2.24) is 10.6 Å². The SMILES string of the molecule is C=C(C)[C@@H]1CC[C@]2(COC(=O)NCCCC)CC[C@]3(C)[C@H](CC[C@@H]4[C@@]5(C)CC[C@H](OC(=O)NCCCC)C(C)(C)[C@@H]5CC[C@]43C)[C@@H]12. The Labute approximate surface area is 281 Å². The van der Waals surface area contributed by atoms with Crippen LogP contribution in [0.25, 0.3) is 0 Å². The van der Waals surface area contributed by atoms with Crippen LogP contribution < -0.4 is 10.6 Å². The van der Waals surface area contributed by atoms with Gasteiger partial charge in [0, 0.05) is 23.9 Å². The Balaban J connectivity index is 1.37. The van der Waals surface area contributed by atoms with Crippen molar-refractivity contribution in [1.29, 1.82) is 0 Å².